The lowest BCUT2D eigenvalue weighted by atomic mass is 10.1. The van der Waals surface area contributed by atoms with Crippen molar-refractivity contribution in [3.8, 4) is 5.75 Å². The Balaban J connectivity index is 2.87. The summed E-state index contributed by atoms with van der Waals surface area (Å²) in [5.41, 5.74) is 0.887. The SMILES string of the molecule is Cc1cc(Cl)cc(CN(CCC(F)(F)F)C[C@H](O)CO)c1O. The van der Waals surface area contributed by atoms with Gasteiger partial charge in [0.2, 0.25) is 0 Å². The van der Waals surface area contributed by atoms with E-state index in [2.05, 4.69) is 0 Å². The van der Waals surface area contributed by atoms with E-state index in [9.17, 15) is 23.4 Å². The van der Waals surface area contributed by atoms with Crippen LogP contribution >= 0.6 is 11.6 Å². The molecule has 0 aliphatic heterocycles. The Morgan fingerprint density at radius 2 is 1.95 bits per heavy atom. The Labute approximate surface area is 131 Å². The molecule has 0 aliphatic carbocycles. The molecule has 8 heteroatoms. The number of aliphatic hydroxyl groups excluding tert-OH is 2. The molecule has 0 saturated heterocycles. The van der Waals surface area contributed by atoms with Gasteiger partial charge in [-0.1, -0.05) is 11.6 Å². The number of alkyl halides is 3. The zero-order valence-corrected chi connectivity index (χ0v) is 12.8. The summed E-state index contributed by atoms with van der Waals surface area (Å²) in [6.07, 6.45) is -6.53. The molecule has 0 heterocycles. The second-order valence-corrected chi connectivity index (χ2v) is 5.60. The van der Waals surface area contributed by atoms with Gasteiger partial charge in [-0.05, 0) is 24.6 Å². The number of hydrogen-bond acceptors (Lipinski definition) is 4. The Bertz CT molecular complexity index is 497. The van der Waals surface area contributed by atoms with Crippen molar-refractivity contribution >= 4 is 11.6 Å². The van der Waals surface area contributed by atoms with E-state index in [0.717, 1.165) is 0 Å². The predicted octanol–water partition coefficient (Wildman–Crippen LogP) is 2.46. The molecule has 4 nitrogen and oxygen atoms in total. The largest absolute Gasteiger partial charge is 0.507 e. The molecular formula is C14H19ClF3NO3. The number of nitrogens with zero attached hydrogens (tertiary/aromatic N) is 1. The van der Waals surface area contributed by atoms with Crippen molar-refractivity contribution in [1.82, 2.24) is 4.90 Å². The van der Waals surface area contributed by atoms with Gasteiger partial charge in [0.15, 0.2) is 0 Å². The number of halogens is 4. The number of aryl methyl sites for hydroxylation is 1. The maximum atomic E-state index is 12.4. The quantitative estimate of drug-likeness (QED) is 0.713. The topological polar surface area (TPSA) is 63.9 Å². The summed E-state index contributed by atoms with van der Waals surface area (Å²) < 4.78 is 37.1. The van der Waals surface area contributed by atoms with Crippen LogP contribution in [-0.4, -0.2) is 52.2 Å². The average molecular weight is 342 g/mol. The van der Waals surface area contributed by atoms with Gasteiger partial charge in [0.1, 0.15) is 5.75 Å². The Hall–Kier alpha value is -1.02. The summed E-state index contributed by atoms with van der Waals surface area (Å²) in [5.74, 6) is -0.0418. The fourth-order valence-corrected chi connectivity index (χ4v) is 2.34. The summed E-state index contributed by atoms with van der Waals surface area (Å²) in [7, 11) is 0. The van der Waals surface area contributed by atoms with E-state index in [0.29, 0.717) is 16.1 Å². The van der Waals surface area contributed by atoms with Crippen LogP contribution < -0.4 is 0 Å². The maximum absolute atomic E-state index is 12.4. The van der Waals surface area contributed by atoms with E-state index < -0.39 is 25.3 Å². The zero-order chi connectivity index (χ0) is 16.9. The molecule has 0 amide bonds. The van der Waals surface area contributed by atoms with Gasteiger partial charge >= 0.3 is 6.18 Å². The first kappa shape index (κ1) is 19.0. The number of benzene rings is 1. The van der Waals surface area contributed by atoms with Gasteiger partial charge in [0, 0.05) is 30.2 Å². The van der Waals surface area contributed by atoms with Gasteiger partial charge < -0.3 is 15.3 Å². The average Bonchev–Trinajstić information content (AvgIpc) is 2.40. The van der Waals surface area contributed by atoms with Crippen LogP contribution in [0.25, 0.3) is 0 Å². The minimum Gasteiger partial charge on any atom is -0.507 e. The third-order valence-electron chi connectivity index (χ3n) is 3.13. The van der Waals surface area contributed by atoms with Crippen LogP contribution in [0.4, 0.5) is 13.2 Å². The predicted molar refractivity (Wildman–Crippen MR) is 76.9 cm³/mol. The monoisotopic (exact) mass is 341 g/mol. The number of phenols is 1. The van der Waals surface area contributed by atoms with Crippen LogP contribution in [0.1, 0.15) is 17.5 Å². The first-order valence-electron chi connectivity index (χ1n) is 6.68. The summed E-state index contributed by atoms with van der Waals surface area (Å²) in [6, 6.07) is 3.01. The highest BCUT2D eigenvalue weighted by Gasteiger charge is 2.28. The highest BCUT2D eigenvalue weighted by molar-refractivity contribution is 6.30. The summed E-state index contributed by atoms with van der Waals surface area (Å²) in [4.78, 5) is 1.32. The summed E-state index contributed by atoms with van der Waals surface area (Å²) >= 11 is 5.89. The van der Waals surface area contributed by atoms with Crippen LogP contribution in [0, 0.1) is 6.92 Å². The second-order valence-electron chi connectivity index (χ2n) is 5.17. The van der Waals surface area contributed by atoms with E-state index in [1.807, 2.05) is 0 Å². The minimum absolute atomic E-state index is 0.0135. The van der Waals surface area contributed by atoms with Crippen molar-refractivity contribution in [2.24, 2.45) is 0 Å². The molecule has 3 N–H and O–H groups in total. The van der Waals surface area contributed by atoms with Crippen LogP contribution in [-0.2, 0) is 6.54 Å². The molecule has 1 aromatic carbocycles. The van der Waals surface area contributed by atoms with Gasteiger partial charge in [-0.25, -0.2) is 0 Å². The fourth-order valence-electron chi connectivity index (χ4n) is 2.04. The molecule has 0 aromatic heterocycles. The minimum atomic E-state index is -4.32. The third kappa shape index (κ3) is 6.39. The Kier molecular flexibility index (Phi) is 6.93. The van der Waals surface area contributed by atoms with Crippen molar-refractivity contribution in [3.63, 3.8) is 0 Å². The fraction of sp³-hybridized carbons (Fsp3) is 0.571. The van der Waals surface area contributed by atoms with Gasteiger partial charge in [-0.15, -0.1) is 0 Å². The van der Waals surface area contributed by atoms with E-state index in [1.54, 1.807) is 13.0 Å². The molecule has 1 rings (SSSR count). The molecule has 0 radical (unpaired) electrons. The molecule has 0 saturated carbocycles. The summed E-state index contributed by atoms with van der Waals surface area (Å²) in [5, 5.41) is 28.6. The van der Waals surface area contributed by atoms with Crippen molar-refractivity contribution in [2.45, 2.75) is 32.2 Å². The Morgan fingerprint density at radius 1 is 1.32 bits per heavy atom. The number of hydrogen-bond donors (Lipinski definition) is 3. The molecule has 0 aliphatic rings. The number of rotatable bonds is 7. The molecule has 0 fully saturated rings. The first-order valence-corrected chi connectivity index (χ1v) is 7.06. The zero-order valence-electron chi connectivity index (χ0n) is 12.1. The maximum Gasteiger partial charge on any atom is 0.390 e. The standard InChI is InChI=1S/C14H19ClF3NO3/c1-9-4-11(15)5-10(13(9)22)6-19(7-12(21)8-20)3-2-14(16,17)18/h4-5,12,20-22H,2-3,6-8H2,1H3/t12-/m0/s1. The van der Waals surface area contributed by atoms with Crippen LogP contribution in [0.2, 0.25) is 5.02 Å². The van der Waals surface area contributed by atoms with Crippen molar-refractivity contribution in [3.05, 3.63) is 28.3 Å². The smallest absolute Gasteiger partial charge is 0.390 e. The van der Waals surface area contributed by atoms with E-state index >= 15 is 0 Å². The molecule has 1 atom stereocenters. The molecule has 1 aromatic rings. The van der Waals surface area contributed by atoms with Gasteiger partial charge in [0.25, 0.3) is 0 Å². The van der Waals surface area contributed by atoms with Crippen LogP contribution in [0.5, 0.6) is 5.75 Å². The highest BCUT2D eigenvalue weighted by Crippen LogP contribution is 2.28. The Morgan fingerprint density at radius 3 is 2.50 bits per heavy atom. The highest BCUT2D eigenvalue weighted by atomic mass is 35.5. The van der Waals surface area contributed by atoms with Crippen LogP contribution in [0.15, 0.2) is 12.1 Å². The molecule has 0 spiro atoms. The number of aliphatic hydroxyl groups is 2. The van der Waals surface area contributed by atoms with Crippen LogP contribution in [0.3, 0.4) is 0 Å². The van der Waals surface area contributed by atoms with E-state index in [4.69, 9.17) is 16.7 Å². The van der Waals surface area contributed by atoms with Gasteiger partial charge in [0.05, 0.1) is 19.1 Å². The van der Waals surface area contributed by atoms with Gasteiger partial charge in [-0.3, -0.25) is 4.90 Å². The lowest BCUT2D eigenvalue weighted by Gasteiger charge is -2.25. The third-order valence-corrected chi connectivity index (χ3v) is 3.35. The lowest BCUT2D eigenvalue weighted by molar-refractivity contribution is -0.139. The van der Waals surface area contributed by atoms with Gasteiger partial charge in [-0.2, -0.15) is 13.2 Å². The normalized spacial score (nSPS) is 13.6. The molecule has 0 unspecified atom stereocenters. The van der Waals surface area contributed by atoms with Crippen molar-refractivity contribution < 1.29 is 28.5 Å². The first-order chi connectivity index (χ1) is 10.1. The number of aromatic hydroxyl groups is 1. The molecule has 0 bridgehead atoms. The van der Waals surface area contributed by atoms with Crippen molar-refractivity contribution in [2.75, 3.05) is 19.7 Å². The number of phenolic OH excluding ortho intramolecular Hbond substituents is 1. The molecule has 22 heavy (non-hydrogen) atoms. The van der Waals surface area contributed by atoms with Crippen molar-refractivity contribution in [1.29, 1.82) is 0 Å². The molecular weight excluding hydrogens is 323 g/mol. The lowest BCUT2D eigenvalue weighted by Crippen LogP contribution is -2.36. The second kappa shape index (κ2) is 8.01. The van der Waals surface area contributed by atoms with E-state index in [-0.39, 0.29) is 25.4 Å². The molecule has 126 valence electrons. The summed E-state index contributed by atoms with van der Waals surface area (Å²) in [6.45, 7) is 0.569. The van der Waals surface area contributed by atoms with E-state index in [1.165, 1.54) is 11.0 Å².